The molecule has 1 aromatic heterocycles. The van der Waals surface area contributed by atoms with E-state index in [1.165, 1.54) is 6.92 Å². The third-order valence-corrected chi connectivity index (χ3v) is 7.38. The number of amides is 4. The van der Waals surface area contributed by atoms with Crippen molar-refractivity contribution < 1.29 is 29.0 Å². The molecule has 1 aliphatic heterocycles. The van der Waals surface area contributed by atoms with Crippen LogP contribution in [0.1, 0.15) is 57.6 Å². The van der Waals surface area contributed by atoms with Gasteiger partial charge < -0.3 is 31.1 Å². The van der Waals surface area contributed by atoms with Crippen molar-refractivity contribution in [1.29, 1.82) is 0 Å². The number of benzene rings is 1. The molecule has 45 heavy (non-hydrogen) atoms. The predicted molar refractivity (Wildman–Crippen MR) is 170 cm³/mol. The van der Waals surface area contributed by atoms with Crippen molar-refractivity contribution in [2.24, 2.45) is 5.92 Å². The molecule has 0 saturated heterocycles. The molecule has 2 bridgehead atoms. The van der Waals surface area contributed by atoms with E-state index in [2.05, 4.69) is 31.2 Å². The summed E-state index contributed by atoms with van der Waals surface area (Å²) in [6.45, 7) is 8.29. The minimum absolute atomic E-state index is 0.0123. The van der Waals surface area contributed by atoms with Gasteiger partial charge in [-0.1, -0.05) is 26.0 Å². The van der Waals surface area contributed by atoms with Crippen LogP contribution < -0.4 is 26.0 Å². The fourth-order valence-corrected chi connectivity index (χ4v) is 5.07. The van der Waals surface area contributed by atoms with E-state index in [-0.39, 0.29) is 30.8 Å². The van der Waals surface area contributed by atoms with Crippen molar-refractivity contribution in [1.82, 2.24) is 31.2 Å². The van der Waals surface area contributed by atoms with Crippen LogP contribution in [-0.4, -0.2) is 89.6 Å². The maximum atomic E-state index is 13.3. The van der Waals surface area contributed by atoms with Gasteiger partial charge in [0.25, 0.3) is 5.91 Å². The molecule has 0 fully saturated rings. The number of hydrogen-bond acceptors (Lipinski definition) is 8. The van der Waals surface area contributed by atoms with Gasteiger partial charge in [-0.15, -0.1) is 0 Å². The molecular weight excluding hydrogens is 576 g/mol. The van der Waals surface area contributed by atoms with E-state index in [0.717, 1.165) is 38.0 Å². The van der Waals surface area contributed by atoms with Gasteiger partial charge in [0.2, 0.25) is 17.7 Å². The van der Waals surface area contributed by atoms with Crippen LogP contribution in [0.25, 0.3) is 0 Å². The van der Waals surface area contributed by atoms with E-state index in [1.54, 1.807) is 36.7 Å². The summed E-state index contributed by atoms with van der Waals surface area (Å²) in [6.07, 6.45) is 4.96. The SMILES string of the molecule is CC(C)C[C@H]1NC(=O)Cc2cccc(c2)OCC(=O)NCCCN(Cc2ccncc2)CCCCNC(=O)[C@H]([C@@H](C)O)NC1=O. The van der Waals surface area contributed by atoms with Gasteiger partial charge >= 0.3 is 0 Å². The molecule has 3 atom stereocenters. The average Bonchev–Trinajstić information content (AvgIpc) is 2.99. The lowest BCUT2D eigenvalue weighted by Crippen LogP contribution is -2.57. The second-order valence-corrected chi connectivity index (χ2v) is 11.9. The van der Waals surface area contributed by atoms with Crippen molar-refractivity contribution in [2.45, 2.75) is 77.6 Å². The lowest BCUT2D eigenvalue weighted by Gasteiger charge is -2.26. The first-order chi connectivity index (χ1) is 21.6. The summed E-state index contributed by atoms with van der Waals surface area (Å²) in [7, 11) is 0. The Kier molecular flexibility index (Phi) is 14.7. The van der Waals surface area contributed by atoms with Gasteiger partial charge in [0.05, 0.1) is 12.5 Å². The zero-order valence-electron chi connectivity index (χ0n) is 26.6. The monoisotopic (exact) mass is 624 g/mol. The third kappa shape index (κ3) is 13.2. The van der Waals surface area contributed by atoms with Gasteiger partial charge in [0.15, 0.2) is 6.61 Å². The average molecular weight is 625 g/mol. The van der Waals surface area contributed by atoms with Crippen LogP contribution in [0.2, 0.25) is 0 Å². The van der Waals surface area contributed by atoms with Gasteiger partial charge in [-0.25, -0.2) is 0 Å². The summed E-state index contributed by atoms with van der Waals surface area (Å²) >= 11 is 0. The van der Waals surface area contributed by atoms with Gasteiger partial charge in [0, 0.05) is 38.6 Å². The van der Waals surface area contributed by atoms with E-state index in [0.29, 0.717) is 37.2 Å². The van der Waals surface area contributed by atoms with Crippen LogP contribution in [-0.2, 0) is 32.1 Å². The van der Waals surface area contributed by atoms with Gasteiger partial charge in [-0.2, -0.15) is 0 Å². The van der Waals surface area contributed by atoms with E-state index >= 15 is 0 Å². The van der Waals surface area contributed by atoms with Crippen LogP contribution in [0.5, 0.6) is 5.75 Å². The molecule has 2 heterocycles. The zero-order valence-corrected chi connectivity index (χ0v) is 26.6. The number of aromatic nitrogens is 1. The van der Waals surface area contributed by atoms with Crippen molar-refractivity contribution in [3.05, 3.63) is 59.9 Å². The summed E-state index contributed by atoms with van der Waals surface area (Å²) in [4.78, 5) is 58.1. The summed E-state index contributed by atoms with van der Waals surface area (Å²) < 4.78 is 5.68. The van der Waals surface area contributed by atoms with E-state index < -0.39 is 30.0 Å². The smallest absolute Gasteiger partial charge is 0.257 e. The largest absolute Gasteiger partial charge is 0.484 e. The summed E-state index contributed by atoms with van der Waals surface area (Å²) in [5.74, 6) is -1.10. The number of hydrogen-bond donors (Lipinski definition) is 5. The first-order valence-electron chi connectivity index (χ1n) is 15.8. The molecule has 246 valence electrons. The second kappa shape index (κ2) is 18.7. The molecule has 1 aliphatic rings. The molecule has 0 aliphatic carbocycles. The normalized spacial score (nSPS) is 21.4. The predicted octanol–water partition coefficient (Wildman–Crippen LogP) is 1.32. The Morgan fingerprint density at radius 1 is 0.911 bits per heavy atom. The molecular formula is C33H48N6O6. The first-order valence-corrected chi connectivity index (χ1v) is 15.8. The quantitative estimate of drug-likeness (QED) is 0.333. The zero-order chi connectivity index (χ0) is 32.6. The molecule has 0 unspecified atom stereocenters. The summed E-state index contributed by atoms with van der Waals surface area (Å²) in [6, 6.07) is 8.79. The molecule has 4 amide bonds. The van der Waals surface area contributed by atoms with E-state index in [4.69, 9.17) is 4.74 Å². The van der Waals surface area contributed by atoms with Gasteiger partial charge in [-0.05, 0) is 80.5 Å². The summed E-state index contributed by atoms with van der Waals surface area (Å²) in [5.41, 5.74) is 1.78. The first kappa shape index (κ1) is 35.4. The van der Waals surface area contributed by atoms with Gasteiger partial charge in [0.1, 0.15) is 17.8 Å². The molecule has 1 aromatic carbocycles. The Hall–Kier alpha value is -4.03. The maximum Gasteiger partial charge on any atom is 0.257 e. The molecule has 12 heteroatoms. The fraction of sp³-hybridized carbons (Fsp3) is 0.545. The Morgan fingerprint density at radius 2 is 1.64 bits per heavy atom. The number of fused-ring (bicyclic) bond motifs is 2. The van der Waals surface area contributed by atoms with Crippen molar-refractivity contribution in [2.75, 3.05) is 32.8 Å². The number of carbonyl (C=O) groups is 4. The molecule has 3 rings (SSSR count). The van der Waals surface area contributed by atoms with Crippen LogP contribution in [0.4, 0.5) is 0 Å². The van der Waals surface area contributed by atoms with Crippen molar-refractivity contribution in [3.63, 3.8) is 0 Å². The molecule has 5 N–H and O–H groups in total. The highest BCUT2D eigenvalue weighted by molar-refractivity contribution is 5.92. The van der Waals surface area contributed by atoms with Crippen molar-refractivity contribution >= 4 is 23.6 Å². The number of pyridine rings is 1. The second-order valence-electron chi connectivity index (χ2n) is 11.9. The molecule has 0 saturated carbocycles. The minimum atomic E-state index is -1.16. The highest BCUT2D eigenvalue weighted by atomic mass is 16.5. The number of aliphatic hydroxyl groups is 1. The number of carbonyl (C=O) groups excluding carboxylic acids is 4. The maximum absolute atomic E-state index is 13.3. The number of nitrogens with zero attached hydrogens (tertiary/aromatic N) is 2. The Labute approximate surface area is 265 Å². The molecule has 0 radical (unpaired) electrons. The van der Waals surface area contributed by atoms with Crippen LogP contribution >= 0.6 is 0 Å². The topological polar surface area (TPSA) is 162 Å². The lowest BCUT2D eigenvalue weighted by atomic mass is 10.0. The fourth-order valence-electron chi connectivity index (χ4n) is 5.07. The highest BCUT2D eigenvalue weighted by Crippen LogP contribution is 2.15. The highest BCUT2D eigenvalue weighted by Gasteiger charge is 2.30. The minimum Gasteiger partial charge on any atom is -0.484 e. The molecule has 2 aromatic rings. The van der Waals surface area contributed by atoms with Crippen LogP contribution in [0.3, 0.4) is 0 Å². The van der Waals surface area contributed by atoms with Crippen LogP contribution in [0.15, 0.2) is 48.8 Å². The Bertz CT molecular complexity index is 1240. The number of rotatable bonds is 5. The lowest BCUT2D eigenvalue weighted by molar-refractivity contribution is -0.134. The molecule has 0 spiro atoms. The standard InChI is InChI=1S/C33H48N6O6/c1-23(2)18-28-32(43)38-31(24(3)40)33(44)36-12-4-5-16-39(21-25-10-14-34-15-11-25)17-7-13-35-30(42)22-45-27-9-6-8-26(19-27)20-29(41)37-28/h6,8-11,14-15,19,23-24,28,31,40H,4-5,7,12-13,16-18,20-22H2,1-3H3,(H,35,42)(H,36,44)(H,37,41)(H,38,43)/t24-,28-,31+/m1/s1. The molecule has 12 nitrogen and oxygen atoms in total. The Balaban J connectivity index is 1.74. The van der Waals surface area contributed by atoms with Crippen LogP contribution in [0, 0.1) is 5.92 Å². The third-order valence-electron chi connectivity index (χ3n) is 7.38. The number of ether oxygens (including phenoxy) is 1. The summed E-state index contributed by atoms with van der Waals surface area (Å²) in [5, 5.41) is 21.5. The van der Waals surface area contributed by atoms with E-state index in [1.807, 2.05) is 26.0 Å². The van der Waals surface area contributed by atoms with Crippen molar-refractivity contribution in [3.8, 4) is 5.75 Å². The number of nitrogens with one attached hydrogen (secondary N) is 4. The van der Waals surface area contributed by atoms with Gasteiger partial charge in [-0.3, -0.25) is 29.1 Å². The van der Waals surface area contributed by atoms with E-state index in [9.17, 15) is 24.3 Å². The number of aliphatic hydroxyl groups excluding tert-OH is 1. The Morgan fingerprint density at radius 3 is 2.38 bits per heavy atom.